The Bertz CT molecular complexity index is 813. The second-order valence-electron chi connectivity index (χ2n) is 4.86. The Kier molecular flexibility index (Phi) is 3.70. The van der Waals surface area contributed by atoms with E-state index in [4.69, 9.17) is 4.52 Å². The van der Waals surface area contributed by atoms with Gasteiger partial charge in [0.2, 0.25) is 0 Å². The van der Waals surface area contributed by atoms with Crippen molar-refractivity contribution < 1.29 is 13.7 Å². The number of hydrogen-bond donors (Lipinski definition) is 1. The number of carbonyl (C=O) groups excluding carboxylic acids is 1. The minimum atomic E-state index is -0.450. The molecule has 1 N–H and O–H groups in total. The molecule has 0 fully saturated rings. The molecular weight excluding hydrogens is 283 g/mol. The maximum atomic E-state index is 13.5. The summed E-state index contributed by atoms with van der Waals surface area (Å²) in [6.45, 7) is 1.66. The van der Waals surface area contributed by atoms with E-state index in [-0.39, 0.29) is 11.5 Å². The molecule has 1 aromatic heterocycles. The summed E-state index contributed by atoms with van der Waals surface area (Å²) in [6, 6.07) is 15.4. The topological polar surface area (TPSA) is 55.1 Å². The molecule has 3 rings (SSSR count). The third-order valence-electron chi connectivity index (χ3n) is 3.23. The van der Waals surface area contributed by atoms with Gasteiger partial charge in [-0.1, -0.05) is 41.6 Å². The molecule has 4 nitrogen and oxygen atoms in total. The largest absolute Gasteiger partial charge is 0.355 e. The first-order chi connectivity index (χ1) is 10.6. The van der Waals surface area contributed by atoms with Crippen LogP contribution in [0.5, 0.6) is 0 Å². The first-order valence-corrected chi connectivity index (χ1v) is 6.73. The van der Waals surface area contributed by atoms with Crippen molar-refractivity contribution in [2.24, 2.45) is 0 Å². The SMILES string of the molecule is Cc1ccc(NC(=O)c2cc(-c3ccccc3)on2)cc1F. The fourth-order valence-electron chi connectivity index (χ4n) is 1.99. The van der Waals surface area contributed by atoms with Gasteiger partial charge >= 0.3 is 0 Å². The molecule has 3 aromatic rings. The van der Waals surface area contributed by atoms with Gasteiger partial charge in [-0.25, -0.2) is 4.39 Å². The quantitative estimate of drug-likeness (QED) is 0.793. The summed E-state index contributed by atoms with van der Waals surface area (Å²) >= 11 is 0. The molecule has 0 aliphatic rings. The summed E-state index contributed by atoms with van der Waals surface area (Å²) in [5.74, 6) is -0.321. The summed E-state index contributed by atoms with van der Waals surface area (Å²) in [7, 11) is 0. The zero-order valence-electron chi connectivity index (χ0n) is 11.8. The molecule has 0 bridgehead atoms. The lowest BCUT2D eigenvalue weighted by molar-refractivity contribution is 0.101. The van der Waals surface area contributed by atoms with E-state index in [9.17, 15) is 9.18 Å². The van der Waals surface area contributed by atoms with Crippen LogP contribution in [-0.2, 0) is 0 Å². The standard InChI is InChI=1S/C17H13FN2O2/c1-11-7-8-13(9-14(11)18)19-17(21)15-10-16(22-20-15)12-5-3-2-4-6-12/h2-10H,1H3,(H,19,21). The highest BCUT2D eigenvalue weighted by Crippen LogP contribution is 2.20. The highest BCUT2D eigenvalue weighted by atomic mass is 19.1. The third-order valence-corrected chi connectivity index (χ3v) is 3.23. The van der Waals surface area contributed by atoms with E-state index in [1.807, 2.05) is 30.3 Å². The van der Waals surface area contributed by atoms with Crippen molar-refractivity contribution in [1.29, 1.82) is 0 Å². The molecule has 2 aromatic carbocycles. The zero-order chi connectivity index (χ0) is 15.5. The van der Waals surface area contributed by atoms with Gasteiger partial charge in [0.15, 0.2) is 11.5 Å². The number of benzene rings is 2. The van der Waals surface area contributed by atoms with Crippen LogP contribution < -0.4 is 5.32 Å². The van der Waals surface area contributed by atoms with Gasteiger partial charge < -0.3 is 9.84 Å². The molecule has 0 aliphatic carbocycles. The summed E-state index contributed by atoms with van der Waals surface area (Å²) in [4.78, 5) is 12.1. The number of aryl methyl sites for hydroxylation is 1. The molecule has 0 atom stereocenters. The van der Waals surface area contributed by atoms with Gasteiger partial charge in [0.25, 0.3) is 5.91 Å². The molecular formula is C17H13FN2O2. The fraction of sp³-hybridized carbons (Fsp3) is 0.0588. The molecule has 0 saturated heterocycles. The van der Waals surface area contributed by atoms with Crippen molar-refractivity contribution in [3.63, 3.8) is 0 Å². The Morgan fingerprint density at radius 3 is 2.64 bits per heavy atom. The predicted octanol–water partition coefficient (Wildman–Crippen LogP) is 4.04. The average molecular weight is 296 g/mol. The first-order valence-electron chi connectivity index (χ1n) is 6.73. The minimum absolute atomic E-state index is 0.139. The smallest absolute Gasteiger partial charge is 0.277 e. The number of nitrogens with one attached hydrogen (secondary N) is 1. The van der Waals surface area contributed by atoms with E-state index in [0.717, 1.165) is 5.56 Å². The van der Waals surface area contributed by atoms with Gasteiger partial charge in [0, 0.05) is 17.3 Å². The third kappa shape index (κ3) is 2.88. The lowest BCUT2D eigenvalue weighted by Gasteiger charge is -2.03. The summed E-state index contributed by atoms with van der Waals surface area (Å²) in [6.07, 6.45) is 0. The van der Waals surface area contributed by atoms with Crippen molar-refractivity contribution in [3.8, 4) is 11.3 Å². The van der Waals surface area contributed by atoms with Gasteiger partial charge in [0.1, 0.15) is 5.82 Å². The number of anilines is 1. The first kappa shape index (κ1) is 14.0. The molecule has 1 heterocycles. The molecule has 1 amide bonds. The molecule has 110 valence electrons. The summed E-state index contributed by atoms with van der Waals surface area (Å²) in [5.41, 5.74) is 1.86. The van der Waals surface area contributed by atoms with Crippen LogP contribution in [0, 0.1) is 12.7 Å². The van der Waals surface area contributed by atoms with Gasteiger partial charge in [-0.05, 0) is 24.6 Å². The van der Waals surface area contributed by atoms with Crippen LogP contribution in [0.4, 0.5) is 10.1 Å². The number of aromatic nitrogens is 1. The van der Waals surface area contributed by atoms with Crippen molar-refractivity contribution in [1.82, 2.24) is 5.16 Å². The number of rotatable bonds is 3. The van der Waals surface area contributed by atoms with Crippen LogP contribution >= 0.6 is 0 Å². The molecule has 0 aliphatic heterocycles. The Hall–Kier alpha value is -2.95. The van der Waals surface area contributed by atoms with E-state index in [1.165, 1.54) is 6.07 Å². The maximum Gasteiger partial charge on any atom is 0.277 e. The second kappa shape index (κ2) is 5.81. The van der Waals surface area contributed by atoms with Crippen LogP contribution in [0.25, 0.3) is 11.3 Å². The van der Waals surface area contributed by atoms with Crippen molar-refractivity contribution in [2.45, 2.75) is 6.92 Å². The second-order valence-corrected chi connectivity index (χ2v) is 4.86. The lowest BCUT2D eigenvalue weighted by Crippen LogP contribution is -2.12. The van der Waals surface area contributed by atoms with E-state index in [0.29, 0.717) is 17.0 Å². The molecule has 0 unspecified atom stereocenters. The Balaban J connectivity index is 1.78. The molecule has 0 saturated carbocycles. The molecule has 22 heavy (non-hydrogen) atoms. The Morgan fingerprint density at radius 1 is 1.14 bits per heavy atom. The fourth-order valence-corrected chi connectivity index (χ4v) is 1.99. The van der Waals surface area contributed by atoms with Crippen molar-refractivity contribution in [2.75, 3.05) is 5.32 Å². The van der Waals surface area contributed by atoms with Gasteiger partial charge in [-0.2, -0.15) is 0 Å². The van der Waals surface area contributed by atoms with Gasteiger partial charge in [-0.3, -0.25) is 4.79 Å². The van der Waals surface area contributed by atoms with Gasteiger partial charge in [-0.15, -0.1) is 0 Å². The van der Waals surface area contributed by atoms with Gasteiger partial charge in [0.05, 0.1) is 0 Å². The van der Waals surface area contributed by atoms with Crippen molar-refractivity contribution >= 4 is 11.6 Å². The number of hydrogen-bond acceptors (Lipinski definition) is 3. The van der Waals surface area contributed by atoms with Crippen LogP contribution in [0.1, 0.15) is 16.1 Å². The highest BCUT2D eigenvalue weighted by molar-refractivity contribution is 6.03. The molecule has 0 spiro atoms. The number of nitrogens with zero attached hydrogens (tertiary/aromatic N) is 1. The maximum absolute atomic E-state index is 13.5. The van der Waals surface area contributed by atoms with E-state index < -0.39 is 5.91 Å². The number of halogens is 1. The molecule has 5 heteroatoms. The Morgan fingerprint density at radius 2 is 1.91 bits per heavy atom. The summed E-state index contributed by atoms with van der Waals surface area (Å²) < 4.78 is 18.6. The summed E-state index contributed by atoms with van der Waals surface area (Å²) in [5, 5.41) is 6.34. The normalized spacial score (nSPS) is 10.5. The number of carbonyl (C=O) groups is 1. The van der Waals surface area contributed by atoms with E-state index >= 15 is 0 Å². The van der Waals surface area contributed by atoms with E-state index in [2.05, 4.69) is 10.5 Å². The monoisotopic (exact) mass is 296 g/mol. The minimum Gasteiger partial charge on any atom is -0.355 e. The lowest BCUT2D eigenvalue weighted by atomic mass is 10.1. The molecule has 0 radical (unpaired) electrons. The van der Waals surface area contributed by atoms with Crippen LogP contribution in [-0.4, -0.2) is 11.1 Å². The Labute approximate surface area is 126 Å². The average Bonchev–Trinajstić information content (AvgIpc) is 3.02. The van der Waals surface area contributed by atoms with Crippen molar-refractivity contribution in [3.05, 3.63) is 71.7 Å². The van der Waals surface area contributed by atoms with E-state index in [1.54, 1.807) is 25.1 Å². The zero-order valence-corrected chi connectivity index (χ0v) is 11.8. The number of amides is 1. The van der Waals surface area contributed by atoms with Crippen LogP contribution in [0.2, 0.25) is 0 Å². The van der Waals surface area contributed by atoms with Crippen LogP contribution in [0.15, 0.2) is 59.1 Å². The van der Waals surface area contributed by atoms with Crippen LogP contribution in [0.3, 0.4) is 0 Å². The highest BCUT2D eigenvalue weighted by Gasteiger charge is 2.14. The predicted molar refractivity (Wildman–Crippen MR) is 81.0 cm³/mol.